The first-order valence-corrected chi connectivity index (χ1v) is 7.26. The molecule has 0 amide bonds. The van der Waals surface area contributed by atoms with Crippen LogP contribution in [0.5, 0.6) is 5.75 Å². The summed E-state index contributed by atoms with van der Waals surface area (Å²) in [6, 6.07) is 10.3. The average Bonchev–Trinajstić information content (AvgIpc) is 2.92. The predicted octanol–water partition coefficient (Wildman–Crippen LogP) is 2.69. The molecule has 2 aromatic rings. The van der Waals surface area contributed by atoms with Gasteiger partial charge in [-0.1, -0.05) is 30.3 Å². The molecule has 3 rings (SSSR count). The number of hydrogen-bond acceptors (Lipinski definition) is 3. The Balaban J connectivity index is 1.55. The number of aromatic nitrogens is 1. The van der Waals surface area contributed by atoms with E-state index in [9.17, 15) is 5.11 Å². The van der Waals surface area contributed by atoms with Gasteiger partial charge >= 0.3 is 0 Å². The van der Waals surface area contributed by atoms with E-state index in [0.717, 1.165) is 29.7 Å². The van der Waals surface area contributed by atoms with Gasteiger partial charge in [-0.2, -0.15) is 0 Å². The van der Waals surface area contributed by atoms with Gasteiger partial charge in [-0.15, -0.1) is 0 Å². The lowest BCUT2D eigenvalue weighted by molar-refractivity contribution is -0.389. The molecule has 0 fully saturated rings. The summed E-state index contributed by atoms with van der Waals surface area (Å²) in [5.74, 6) is 0.248. The minimum Gasteiger partial charge on any atom is -0.502 e. The topological polar surface area (TPSA) is 52.8 Å². The second-order valence-corrected chi connectivity index (χ2v) is 5.30. The van der Waals surface area contributed by atoms with E-state index < -0.39 is 6.29 Å². The average molecular weight is 286 g/mol. The molecule has 0 aliphatic carbocycles. The number of aromatic amines is 1. The molecule has 110 valence electrons. The number of hydrogen-bond donors (Lipinski definition) is 1. The molecule has 0 spiro atoms. The van der Waals surface area contributed by atoms with Crippen molar-refractivity contribution in [3.63, 3.8) is 0 Å². The fourth-order valence-electron chi connectivity index (χ4n) is 2.57. The van der Waals surface area contributed by atoms with Crippen LogP contribution in [0.4, 0.5) is 0 Å². The Morgan fingerprint density at radius 2 is 2.14 bits per heavy atom. The first-order chi connectivity index (χ1) is 10.3. The number of benzene rings is 1. The zero-order valence-electron chi connectivity index (χ0n) is 12.1. The lowest BCUT2D eigenvalue weighted by atomic mass is 10.1. The summed E-state index contributed by atoms with van der Waals surface area (Å²) in [6.45, 7) is 2.92. The number of ether oxygens (including phenoxy) is 2. The smallest absolute Gasteiger partial charge is 0.219 e. The summed E-state index contributed by atoms with van der Waals surface area (Å²) in [5, 5.41) is 10.1. The van der Waals surface area contributed by atoms with E-state index in [4.69, 9.17) is 9.47 Å². The van der Waals surface area contributed by atoms with Crippen LogP contribution in [0.25, 0.3) is 0 Å². The van der Waals surface area contributed by atoms with Gasteiger partial charge in [0.1, 0.15) is 0 Å². The molecule has 4 heteroatoms. The van der Waals surface area contributed by atoms with Crippen LogP contribution in [0.2, 0.25) is 0 Å². The van der Waals surface area contributed by atoms with E-state index >= 15 is 0 Å². The van der Waals surface area contributed by atoms with Crippen molar-refractivity contribution in [3.8, 4) is 5.75 Å². The number of nitrogens with one attached hydrogen (secondary N) is 1. The molecule has 1 atom stereocenters. The Morgan fingerprint density at radius 1 is 1.33 bits per heavy atom. The molecule has 0 bridgehead atoms. The van der Waals surface area contributed by atoms with E-state index in [0.29, 0.717) is 13.2 Å². The quantitative estimate of drug-likeness (QED) is 0.860. The Bertz CT molecular complexity index is 613. The Morgan fingerprint density at radius 3 is 2.95 bits per heavy atom. The molecule has 2 heterocycles. The summed E-state index contributed by atoms with van der Waals surface area (Å²) in [7, 11) is 0. The zero-order chi connectivity index (χ0) is 14.7. The highest BCUT2D eigenvalue weighted by Gasteiger charge is 2.31. The van der Waals surface area contributed by atoms with E-state index in [2.05, 4.69) is 17.1 Å². The van der Waals surface area contributed by atoms with Gasteiger partial charge in [0, 0.05) is 6.92 Å². The third kappa shape index (κ3) is 3.06. The van der Waals surface area contributed by atoms with Crippen molar-refractivity contribution in [3.05, 3.63) is 58.9 Å². The van der Waals surface area contributed by atoms with Crippen molar-refractivity contribution >= 4 is 0 Å². The number of H-pyrrole nitrogens is 1. The molecular weight excluding hydrogens is 266 g/mol. The molecule has 0 saturated carbocycles. The van der Waals surface area contributed by atoms with Crippen molar-refractivity contribution in [2.24, 2.45) is 0 Å². The maximum atomic E-state index is 10.1. The van der Waals surface area contributed by atoms with Gasteiger partial charge in [-0.25, -0.2) is 4.98 Å². The van der Waals surface area contributed by atoms with Crippen LogP contribution in [-0.4, -0.2) is 11.7 Å². The number of rotatable bonds is 5. The second kappa shape index (κ2) is 6.24. The van der Waals surface area contributed by atoms with Crippen LogP contribution in [0.3, 0.4) is 0 Å². The van der Waals surface area contributed by atoms with Gasteiger partial charge in [-0.05, 0) is 18.4 Å². The van der Waals surface area contributed by atoms with Crippen molar-refractivity contribution in [2.75, 3.05) is 6.61 Å². The van der Waals surface area contributed by atoms with Crippen LogP contribution < -0.4 is 4.98 Å². The van der Waals surface area contributed by atoms with Crippen LogP contribution in [0.1, 0.15) is 35.1 Å². The molecule has 1 unspecified atom stereocenters. The van der Waals surface area contributed by atoms with Crippen molar-refractivity contribution in [1.29, 1.82) is 0 Å². The van der Waals surface area contributed by atoms with Crippen LogP contribution in [0, 0.1) is 6.92 Å². The SMILES string of the molecule is Cc1[nH+]cc2c(c1O)C(OCCCc1ccccc1)OC2. The standard InChI is InChI=1S/C17H19NO3/c1-12-16(19)15-14(10-18-12)11-21-17(15)20-9-5-8-13-6-3-2-4-7-13/h2-4,6-7,10,17,19H,5,8-9,11H2,1H3/p+1. The normalized spacial score (nSPS) is 16.9. The van der Waals surface area contributed by atoms with Crippen molar-refractivity contribution in [2.45, 2.75) is 32.7 Å². The lowest BCUT2D eigenvalue weighted by Gasteiger charge is -2.13. The third-order valence-corrected chi connectivity index (χ3v) is 3.77. The lowest BCUT2D eigenvalue weighted by Crippen LogP contribution is -2.11. The Hall–Kier alpha value is -1.91. The van der Waals surface area contributed by atoms with Gasteiger partial charge in [0.15, 0.2) is 18.2 Å². The molecule has 1 aliphatic heterocycles. The van der Waals surface area contributed by atoms with E-state index in [-0.39, 0.29) is 5.75 Å². The van der Waals surface area contributed by atoms with Gasteiger partial charge in [0.2, 0.25) is 5.69 Å². The minimum atomic E-state index is -0.455. The van der Waals surface area contributed by atoms with Gasteiger partial charge in [-0.3, -0.25) is 0 Å². The fraction of sp³-hybridized carbons (Fsp3) is 0.353. The molecule has 2 N–H and O–H groups in total. The van der Waals surface area contributed by atoms with Crippen LogP contribution in [-0.2, 0) is 22.5 Å². The number of fused-ring (bicyclic) bond motifs is 1. The molecule has 21 heavy (non-hydrogen) atoms. The predicted molar refractivity (Wildman–Crippen MR) is 77.6 cm³/mol. The maximum absolute atomic E-state index is 10.1. The summed E-state index contributed by atoms with van der Waals surface area (Å²) in [4.78, 5) is 3.02. The first kappa shape index (κ1) is 14.0. The maximum Gasteiger partial charge on any atom is 0.219 e. The Labute approximate surface area is 124 Å². The van der Waals surface area contributed by atoms with Gasteiger partial charge in [0.05, 0.1) is 24.3 Å². The molecule has 4 nitrogen and oxygen atoms in total. The molecule has 0 saturated heterocycles. The molecule has 0 radical (unpaired) electrons. The highest BCUT2D eigenvalue weighted by molar-refractivity contribution is 5.40. The zero-order valence-corrected chi connectivity index (χ0v) is 12.1. The Kier molecular flexibility index (Phi) is 4.18. The molecule has 1 aliphatic rings. The highest BCUT2D eigenvalue weighted by atomic mass is 16.7. The largest absolute Gasteiger partial charge is 0.502 e. The minimum absolute atomic E-state index is 0.248. The first-order valence-electron chi connectivity index (χ1n) is 7.26. The van der Waals surface area contributed by atoms with Crippen molar-refractivity contribution in [1.82, 2.24) is 0 Å². The van der Waals surface area contributed by atoms with Crippen molar-refractivity contribution < 1.29 is 19.6 Å². The highest BCUT2D eigenvalue weighted by Crippen LogP contribution is 2.37. The number of pyridine rings is 1. The fourth-order valence-corrected chi connectivity index (χ4v) is 2.57. The van der Waals surface area contributed by atoms with Gasteiger partial charge < -0.3 is 14.6 Å². The summed E-state index contributed by atoms with van der Waals surface area (Å²) >= 11 is 0. The summed E-state index contributed by atoms with van der Waals surface area (Å²) in [6.07, 6.45) is 3.33. The van der Waals surface area contributed by atoms with Crippen LogP contribution in [0.15, 0.2) is 36.5 Å². The molecule has 1 aromatic carbocycles. The number of aryl methyl sites for hydroxylation is 2. The second-order valence-electron chi connectivity index (χ2n) is 5.30. The van der Waals surface area contributed by atoms with E-state index in [1.165, 1.54) is 5.56 Å². The van der Waals surface area contributed by atoms with Gasteiger partial charge in [0.25, 0.3) is 0 Å². The summed E-state index contributed by atoms with van der Waals surface area (Å²) < 4.78 is 11.4. The third-order valence-electron chi connectivity index (χ3n) is 3.77. The number of aromatic hydroxyl groups is 1. The van der Waals surface area contributed by atoms with E-state index in [1.807, 2.05) is 31.3 Å². The van der Waals surface area contributed by atoms with Crippen LogP contribution >= 0.6 is 0 Å². The summed E-state index contributed by atoms with van der Waals surface area (Å²) in [5.41, 5.74) is 3.77. The molecule has 1 aromatic heterocycles. The van der Waals surface area contributed by atoms with E-state index in [1.54, 1.807) is 0 Å². The molecular formula is C17H20NO3+. The monoisotopic (exact) mass is 286 g/mol.